The summed E-state index contributed by atoms with van der Waals surface area (Å²) in [6, 6.07) is 3.73. The van der Waals surface area contributed by atoms with Crippen LogP contribution in [0.5, 0.6) is 0 Å². The van der Waals surface area contributed by atoms with Crippen molar-refractivity contribution in [1.82, 2.24) is 25.0 Å². The number of aryl methyl sites for hydroxylation is 1. The van der Waals surface area contributed by atoms with E-state index in [2.05, 4.69) is 42.2 Å². The van der Waals surface area contributed by atoms with Crippen LogP contribution >= 0.6 is 15.9 Å². The van der Waals surface area contributed by atoms with E-state index in [9.17, 15) is 10.1 Å². The lowest BCUT2D eigenvalue weighted by atomic mass is 9.97. The van der Waals surface area contributed by atoms with E-state index >= 15 is 0 Å². The van der Waals surface area contributed by atoms with Crippen molar-refractivity contribution in [3.8, 4) is 11.9 Å². The first kappa shape index (κ1) is 20.8. The van der Waals surface area contributed by atoms with Crippen molar-refractivity contribution in [2.75, 3.05) is 7.11 Å². The van der Waals surface area contributed by atoms with E-state index in [1.807, 2.05) is 13.8 Å². The van der Waals surface area contributed by atoms with Crippen molar-refractivity contribution in [1.29, 1.82) is 5.26 Å². The van der Waals surface area contributed by atoms with Gasteiger partial charge in [0.2, 0.25) is 0 Å². The molecule has 0 aliphatic rings. The van der Waals surface area contributed by atoms with Gasteiger partial charge in [-0.15, -0.1) is 4.80 Å². The molecule has 29 heavy (non-hydrogen) atoms. The second-order valence-corrected chi connectivity index (χ2v) is 7.30. The fourth-order valence-corrected chi connectivity index (χ4v) is 3.68. The Morgan fingerprint density at radius 1 is 1.28 bits per heavy atom. The van der Waals surface area contributed by atoms with Crippen LogP contribution in [-0.2, 0) is 22.4 Å². The number of halogens is 1. The Kier molecular flexibility index (Phi) is 6.46. The number of hydrogen-bond donors (Lipinski definition) is 0. The number of pyridine rings is 2. The first-order chi connectivity index (χ1) is 13.9. The van der Waals surface area contributed by atoms with Gasteiger partial charge in [0.15, 0.2) is 5.82 Å². The van der Waals surface area contributed by atoms with E-state index < -0.39 is 0 Å². The zero-order valence-corrected chi connectivity index (χ0v) is 17.8. The van der Waals surface area contributed by atoms with Crippen molar-refractivity contribution in [2.45, 2.75) is 32.8 Å². The fourth-order valence-electron chi connectivity index (χ4n) is 3.00. The molecule has 0 spiro atoms. The lowest BCUT2D eigenvalue weighted by molar-refractivity contribution is -0.117. The van der Waals surface area contributed by atoms with E-state index in [0.29, 0.717) is 16.9 Å². The molecular formula is C20H19BrN6O2. The van der Waals surface area contributed by atoms with Gasteiger partial charge < -0.3 is 4.74 Å². The standard InChI is InChI=1S/C20H19BrN6O2/c1-12-19(21)18(13(2)29-3)16(11-23-12)8-17(28)7-14-6-15(9-22)20(24-10-14)27-25-4-5-26-27/h4-6,10-11,13H,7-8H2,1-3H3/t13-/m0/s1. The number of Topliss-reactive ketones (excluding diaryl/α,β-unsaturated/α-hetero) is 1. The minimum absolute atomic E-state index is 0.0113. The number of ether oxygens (including phenoxy) is 1. The van der Waals surface area contributed by atoms with E-state index in [1.54, 1.807) is 25.6 Å². The van der Waals surface area contributed by atoms with Gasteiger partial charge in [-0.25, -0.2) is 4.98 Å². The van der Waals surface area contributed by atoms with Crippen LogP contribution in [0.2, 0.25) is 0 Å². The third-order valence-corrected chi connectivity index (χ3v) is 5.52. The Bertz CT molecular complexity index is 1080. The number of ketones is 1. The molecule has 8 nitrogen and oxygen atoms in total. The second kappa shape index (κ2) is 9.03. The van der Waals surface area contributed by atoms with Crippen molar-refractivity contribution in [3.05, 3.63) is 63.3 Å². The summed E-state index contributed by atoms with van der Waals surface area (Å²) >= 11 is 3.56. The summed E-state index contributed by atoms with van der Waals surface area (Å²) in [4.78, 5) is 22.6. The van der Waals surface area contributed by atoms with E-state index in [1.165, 1.54) is 17.2 Å². The van der Waals surface area contributed by atoms with Gasteiger partial charge in [0.25, 0.3) is 0 Å². The van der Waals surface area contributed by atoms with Gasteiger partial charge >= 0.3 is 0 Å². The number of carbonyl (C=O) groups excluding carboxylic acids is 1. The molecule has 0 N–H and O–H groups in total. The minimum Gasteiger partial charge on any atom is -0.377 e. The van der Waals surface area contributed by atoms with Crippen LogP contribution in [0.15, 0.2) is 35.3 Å². The number of carbonyl (C=O) groups is 1. The zero-order valence-electron chi connectivity index (χ0n) is 16.3. The van der Waals surface area contributed by atoms with Crippen LogP contribution in [0.1, 0.15) is 41.0 Å². The molecular weight excluding hydrogens is 436 g/mol. The largest absolute Gasteiger partial charge is 0.377 e. The Morgan fingerprint density at radius 2 is 2.00 bits per heavy atom. The molecule has 0 radical (unpaired) electrons. The molecule has 0 aliphatic heterocycles. The molecule has 3 rings (SSSR count). The lowest BCUT2D eigenvalue weighted by Crippen LogP contribution is -2.13. The molecule has 0 amide bonds. The number of aromatic nitrogens is 5. The van der Waals surface area contributed by atoms with Gasteiger partial charge in [0.1, 0.15) is 11.9 Å². The number of nitrogens with zero attached hydrogens (tertiary/aromatic N) is 6. The summed E-state index contributed by atoms with van der Waals surface area (Å²) in [5.41, 5.74) is 3.53. The van der Waals surface area contributed by atoms with Gasteiger partial charge in [0, 0.05) is 42.4 Å². The van der Waals surface area contributed by atoms with Crippen LogP contribution in [0, 0.1) is 18.3 Å². The van der Waals surface area contributed by atoms with Gasteiger partial charge in [-0.3, -0.25) is 9.78 Å². The predicted molar refractivity (Wildman–Crippen MR) is 108 cm³/mol. The van der Waals surface area contributed by atoms with Gasteiger partial charge in [0.05, 0.1) is 29.8 Å². The maximum Gasteiger partial charge on any atom is 0.192 e. The summed E-state index contributed by atoms with van der Waals surface area (Å²) in [5.74, 6) is 0.319. The van der Waals surface area contributed by atoms with Crippen LogP contribution < -0.4 is 0 Å². The fraction of sp³-hybridized carbons (Fsp3) is 0.300. The van der Waals surface area contributed by atoms with Crippen LogP contribution in [0.3, 0.4) is 0 Å². The molecule has 0 bridgehead atoms. The molecule has 9 heteroatoms. The monoisotopic (exact) mass is 454 g/mol. The maximum absolute atomic E-state index is 12.7. The molecule has 148 valence electrons. The highest BCUT2D eigenvalue weighted by molar-refractivity contribution is 9.10. The lowest BCUT2D eigenvalue weighted by Gasteiger charge is -2.18. The SMILES string of the molecule is CO[C@@H](C)c1c(CC(=O)Cc2cnc(-n3nccn3)c(C#N)c2)cnc(C)c1Br. The molecule has 3 heterocycles. The molecule has 3 aromatic rings. The highest BCUT2D eigenvalue weighted by atomic mass is 79.9. The van der Waals surface area contributed by atoms with Crippen LogP contribution in [0.4, 0.5) is 0 Å². The zero-order chi connectivity index (χ0) is 21.0. The van der Waals surface area contributed by atoms with Gasteiger partial charge in [-0.2, -0.15) is 15.5 Å². The normalized spacial score (nSPS) is 11.8. The molecule has 1 atom stereocenters. The average molecular weight is 455 g/mol. The highest BCUT2D eigenvalue weighted by Gasteiger charge is 2.19. The van der Waals surface area contributed by atoms with E-state index in [4.69, 9.17) is 4.74 Å². The minimum atomic E-state index is -0.179. The average Bonchev–Trinajstić information content (AvgIpc) is 3.25. The number of rotatable bonds is 7. The predicted octanol–water partition coefficient (Wildman–Crippen LogP) is 3.06. The van der Waals surface area contributed by atoms with E-state index in [0.717, 1.165) is 21.3 Å². The first-order valence-corrected chi connectivity index (χ1v) is 9.68. The molecule has 0 unspecified atom stereocenters. The van der Waals surface area contributed by atoms with Crippen molar-refractivity contribution < 1.29 is 9.53 Å². The Morgan fingerprint density at radius 3 is 2.66 bits per heavy atom. The van der Waals surface area contributed by atoms with Crippen molar-refractivity contribution in [2.24, 2.45) is 0 Å². The number of methoxy groups -OCH3 is 1. The molecule has 0 fully saturated rings. The van der Waals surface area contributed by atoms with Crippen molar-refractivity contribution in [3.63, 3.8) is 0 Å². The van der Waals surface area contributed by atoms with Gasteiger partial charge in [-0.1, -0.05) is 0 Å². The molecule has 0 aromatic carbocycles. The highest BCUT2D eigenvalue weighted by Crippen LogP contribution is 2.31. The Hall–Kier alpha value is -2.96. The quantitative estimate of drug-likeness (QED) is 0.539. The third kappa shape index (κ3) is 4.55. The summed E-state index contributed by atoms with van der Waals surface area (Å²) in [6.07, 6.45) is 6.48. The summed E-state index contributed by atoms with van der Waals surface area (Å²) in [7, 11) is 1.63. The molecule has 0 saturated carbocycles. The second-order valence-electron chi connectivity index (χ2n) is 6.51. The molecule has 3 aromatic heterocycles. The Labute approximate surface area is 176 Å². The summed E-state index contributed by atoms with van der Waals surface area (Å²) < 4.78 is 6.31. The van der Waals surface area contributed by atoms with Crippen molar-refractivity contribution >= 4 is 21.7 Å². The summed E-state index contributed by atoms with van der Waals surface area (Å²) in [5, 5.41) is 17.4. The summed E-state index contributed by atoms with van der Waals surface area (Å²) in [6.45, 7) is 3.82. The molecule has 0 aliphatic carbocycles. The number of nitriles is 1. The van der Waals surface area contributed by atoms with Crippen LogP contribution in [-0.4, -0.2) is 37.9 Å². The first-order valence-electron chi connectivity index (χ1n) is 8.88. The van der Waals surface area contributed by atoms with E-state index in [-0.39, 0.29) is 24.7 Å². The maximum atomic E-state index is 12.7. The number of hydrogen-bond acceptors (Lipinski definition) is 7. The van der Waals surface area contributed by atoms with Gasteiger partial charge in [-0.05, 0) is 47.0 Å². The molecule has 0 saturated heterocycles. The topological polar surface area (TPSA) is 107 Å². The smallest absolute Gasteiger partial charge is 0.192 e. The third-order valence-electron chi connectivity index (χ3n) is 4.52. The van der Waals surface area contributed by atoms with Crippen LogP contribution in [0.25, 0.3) is 5.82 Å². The Balaban J connectivity index is 1.82.